The number of ether oxygens (including phenoxy) is 1. The van der Waals surface area contributed by atoms with Crippen LogP contribution < -0.4 is 4.74 Å². The van der Waals surface area contributed by atoms with Gasteiger partial charge in [0.1, 0.15) is 22.6 Å². The first-order valence-corrected chi connectivity index (χ1v) is 23.2. The van der Waals surface area contributed by atoms with Crippen molar-refractivity contribution in [3.63, 3.8) is 0 Å². The van der Waals surface area contributed by atoms with Crippen molar-refractivity contribution >= 4 is 23.9 Å². The lowest BCUT2D eigenvalue weighted by Crippen LogP contribution is -2.10. The number of hydrogen-bond donors (Lipinski definition) is 4. The number of aromatic carboxylic acids is 2. The molecular formula is C58H74O9. The number of esters is 1. The number of carbonyl (C=O) groups is 4. The number of hydrogen-bond acceptors (Lipinski definition) is 6. The molecule has 0 spiro atoms. The number of phenols is 1. The minimum Gasteiger partial charge on any atom is -0.507 e. The van der Waals surface area contributed by atoms with E-state index in [2.05, 4.69) is 135 Å². The Morgan fingerprint density at radius 3 is 1.01 bits per heavy atom. The third-order valence-corrected chi connectivity index (χ3v) is 8.71. The van der Waals surface area contributed by atoms with Crippen LogP contribution in [0.5, 0.6) is 11.5 Å². The third kappa shape index (κ3) is 40.3. The SMILES string of the molecule is CC/C=C\C/C=C\C/C=C\C/C=C\C/C=C\C/C=C\CCC(=O)O.CC/C=C\C/C=C\C/C=C\C/C=C\C/C=C\C/C=C\CCC(=O)Oc1ccccc1C(=O)O.O=C(O)c1ccccc1O. The Morgan fingerprint density at radius 1 is 0.403 bits per heavy atom. The number of carboxylic acids is 3. The Kier molecular flexibility index (Phi) is 40.8. The molecule has 9 nitrogen and oxygen atoms in total. The summed E-state index contributed by atoms with van der Waals surface area (Å²) < 4.78 is 5.16. The summed E-state index contributed by atoms with van der Waals surface area (Å²) in [7, 11) is 0. The second-order valence-corrected chi connectivity index (χ2v) is 14.4. The van der Waals surface area contributed by atoms with Crippen molar-refractivity contribution in [1.29, 1.82) is 0 Å². The standard InChI is InChI=1S/C29H36O4.C22H32O2.C7H6O3/c1-2-3-4-5-6-7-8-9-10-11-12-13-14-15-16-17-18-19-20-25-28(30)33-27-24-22-21-23-26(27)29(31)32;1-2-3-4-5-6-7-8-9-10-11-12-13-14-15-16-17-18-19-20-21-22(23)24;8-6-4-2-1-3-5(6)7(9)10/h3-4,6-7,9-10,12-13,15-16,18-19,21-24H,2,5,8,11,14,17,20,25H2,1H3,(H,31,32);3-4,6-7,9-10,12-13,15-16,18-19H,2,5,8,11,14,17,20-21H2,1H3,(H,23,24);1-4,8H,(H,9,10)/b2*4-3-,7-6-,10-9-,13-12-,16-15-,19-18-;. The minimum atomic E-state index is -1.12. The first-order valence-electron chi connectivity index (χ1n) is 23.2. The maximum Gasteiger partial charge on any atom is 0.339 e. The van der Waals surface area contributed by atoms with Crippen molar-refractivity contribution in [2.45, 2.75) is 117 Å². The van der Waals surface area contributed by atoms with E-state index in [1.807, 2.05) is 24.3 Å². The lowest BCUT2D eigenvalue weighted by atomic mass is 10.2. The van der Waals surface area contributed by atoms with Crippen molar-refractivity contribution < 1.29 is 44.3 Å². The van der Waals surface area contributed by atoms with E-state index in [4.69, 9.17) is 25.2 Å². The van der Waals surface area contributed by atoms with Crippen LogP contribution in [-0.4, -0.2) is 44.3 Å². The largest absolute Gasteiger partial charge is 0.507 e. The molecule has 2 rings (SSSR count). The van der Waals surface area contributed by atoms with Gasteiger partial charge in [0, 0.05) is 12.8 Å². The molecule has 0 atom stereocenters. The number of aliphatic carboxylic acids is 1. The second-order valence-electron chi connectivity index (χ2n) is 14.4. The van der Waals surface area contributed by atoms with Gasteiger partial charge in [0.25, 0.3) is 0 Å². The van der Waals surface area contributed by atoms with Crippen LogP contribution >= 0.6 is 0 Å². The summed E-state index contributed by atoms with van der Waals surface area (Å²) >= 11 is 0. The molecule has 2 aromatic rings. The van der Waals surface area contributed by atoms with E-state index in [9.17, 15) is 19.2 Å². The zero-order valence-corrected chi connectivity index (χ0v) is 39.6. The lowest BCUT2D eigenvalue weighted by Gasteiger charge is -2.06. The molecule has 9 heteroatoms. The van der Waals surface area contributed by atoms with Crippen LogP contribution in [-0.2, 0) is 9.59 Å². The van der Waals surface area contributed by atoms with E-state index in [-0.39, 0.29) is 35.5 Å². The molecule has 0 radical (unpaired) electrons. The maximum atomic E-state index is 11.9. The Labute approximate surface area is 400 Å². The summed E-state index contributed by atoms with van der Waals surface area (Å²) in [6.07, 6.45) is 64.6. The Bertz CT molecular complexity index is 2020. The molecule has 67 heavy (non-hydrogen) atoms. The van der Waals surface area contributed by atoms with Gasteiger partial charge in [-0.3, -0.25) is 9.59 Å². The number of para-hydroxylation sites is 2. The molecule has 0 unspecified atom stereocenters. The molecule has 4 N–H and O–H groups in total. The molecule has 0 aliphatic heterocycles. The summed E-state index contributed by atoms with van der Waals surface area (Å²) in [6.45, 7) is 4.29. The topological polar surface area (TPSA) is 158 Å². The van der Waals surface area contributed by atoms with Crippen LogP contribution in [0.15, 0.2) is 194 Å². The summed E-state index contributed by atoms with van der Waals surface area (Å²) in [5.41, 5.74) is -0.0812. The fourth-order valence-corrected chi connectivity index (χ4v) is 5.25. The molecule has 0 aromatic heterocycles. The van der Waals surface area contributed by atoms with Gasteiger partial charge in [0.05, 0.1) is 0 Å². The highest BCUT2D eigenvalue weighted by Gasteiger charge is 2.13. The van der Waals surface area contributed by atoms with Crippen LogP contribution in [0.25, 0.3) is 0 Å². The van der Waals surface area contributed by atoms with E-state index in [1.54, 1.807) is 24.3 Å². The average Bonchev–Trinajstić information content (AvgIpc) is 3.31. The van der Waals surface area contributed by atoms with Crippen molar-refractivity contribution in [2.24, 2.45) is 0 Å². The molecule has 0 fully saturated rings. The van der Waals surface area contributed by atoms with Gasteiger partial charge in [-0.1, -0.05) is 184 Å². The summed E-state index contributed by atoms with van der Waals surface area (Å²) in [5.74, 6) is -3.53. The number of benzene rings is 2. The first-order chi connectivity index (χ1) is 32.6. The average molecular weight is 915 g/mol. The highest BCUT2D eigenvalue weighted by Crippen LogP contribution is 2.19. The second kappa shape index (κ2) is 45.6. The van der Waals surface area contributed by atoms with E-state index in [0.29, 0.717) is 12.8 Å². The molecule has 0 bridgehead atoms. The Hall–Kier alpha value is -7.00. The van der Waals surface area contributed by atoms with Crippen molar-refractivity contribution in [1.82, 2.24) is 0 Å². The lowest BCUT2D eigenvalue weighted by molar-refractivity contribution is -0.137. The monoisotopic (exact) mass is 915 g/mol. The molecule has 0 saturated heterocycles. The van der Waals surface area contributed by atoms with E-state index in [1.165, 1.54) is 24.3 Å². The quantitative estimate of drug-likeness (QED) is 0.0328. The first kappa shape index (κ1) is 60.0. The van der Waals surface area contributed by atoms with Gasteiger partial charge < -0.3 is 25.2 Å². The maximum absolute atomic E-state index is 11.9. The Balaban J connectivity index is 0.00000111. The van der Waals surface area contributed by atoms with Crippen molar-refractivity contribution in [2.75, 3.05) is 0 Å². The molecule has 360 valence electrons. The highest BCUT2D eigenvalue weighted by molar-refractivity contribution is 5.92. The van der Waals surface area contributed by atoms with Gasteiger partial charge in [-0.2, -0.15) is 0 Å². The fraction of sp³-hybridized carbons (Fsp3) is 0.310. The summed E-state index contributed by atoms with van der Waals surface area (Å²) in [5, 5.41) is 34.9. The molecule has 0 aliphatic rings. The molecular weight excluding hydrogens is 841 g/mol. The number of allylic oxidation sites excluding steroid dienone is 24. The zero-order chi connectivity index (χ0) is 49.3. The van der Waals surface area contributed by atoms with Crippen LogP contribution in [0, 0.1) is 0 Å². The smallest absolute Gasteiger partial charge is 0.339 e. The van der Waals surface area contributed by atoms with Crippen LogP contribution in [0.1, 0.15) is 137 Å². The van der Waals surface area contributed by atoms with Crippen LogP contribution in [0.2, 0.25) is 0 Å². The molecule has 0 saturated carbocycles. The predicted molar refractivity (Wildman–Crippen MR) is 277 cm³/mol. The predicted octanol–water partition coefficient (Wildman–Crippen LogP) is 15.4. The third-order valence-electron chi connectivity index (χ3n) is 8.71. The minimum absolute atomic E-state index is 0.0141. The Morgan fingerprint density at radius 2 is 0.701 bits per heavy atom. The van der Waals surface area contributed by atoms with Crippen LogP contribution in [0.3, 0.4) is 0 Å². The number of carbonyl (C=O) groups excluding carboxylic acids is 1. The molecule has 0 heterocycles. The molecule has 2 aromatic carbocycles. The van der Waals surface area contributed by atoms with Gasteiger partial charge in [0.2, 0.25) is 0 Å². The van der Waals surface area contributed by atoms with E-state index < -0.39 is 23.9 Å². The number of aromatic hydroxyl groups is 1. The highest BCUT2D eigenvalue weighted by atomic mass is 16.5. The number of rotatable bonds is 31. The van der Waals surface area contributed by atoms with Crippen molar-refractivity contribution in [3.05, 3.63) is 205 Å². The summed E-state index contributed by atoms with van der Waals surface area (Å²) in [4.78, 5) is 43.6. The van der Waals surface area contributed by atoms with Gasteiger partial charge in [-0.15, -0.1) is 0 Å². The van der Waals surface area contributed by atoms with E-state index >= 15 is 0 Å². The van der Waals surface area contributed by atoms with Gasteiger partial charge in [-0.25, -0.2) is 9.59 Å². The van der Waals surface area contributed by atoms with Gasteiger partial charge in [-0.05, 0) is 114 Å². The normalized spacial score (nSPS) is 12.1. The van der Waals surface area contributed by atoms with Crippen molar-refractivity contribution in [3.8, 4) is 11.5 Å². The molecule has 0 amide bonds. The van der Waals surface area contributed by atoms with E-state index in [0.717, 1.165) is 77.0 Å². The van der Waals surface area contributed by atoms with Gasteiger partial charge in [0.15, 0.2) is 0 Å². The van der Waals surface area contributed by atoms with Crippen LogP contribution in [0.4, 0.5) is 0 Å². The zero-order valence-electron chi connectivity index (χ0n) is 39.6. The fourth-order valence-electron chi connectivity index (χ4n) is 5.25. The summed E-state index contributed by atoms with van der Waals surface area (Å²) in [6, 6.07) is 11.9. The number of carboxylic acid groups (broad SMARTS) is 3. The van der Waals surface area contributed by atoms with Gasteiger partial charge >= 0.3 is 23.9 Å². The molecule has 0 aliphatic carbocycles.